The molecule has 128 valence electrons. The van der Waals surface area contributed by atoms with Crippen LogP contribution >= 0.6 is 23.3 Å². The highest BCUT2D eigenvalue weighted by Gasteiger charge is 2.09. The summed E-state index contributed by atoms with van der Waals surface area (Å²) >= 11 is 2.62. The van der Waals surface area contributed by atoms with Gasteiger partial charge in [-0.1, -0.05) is 54.2 Å². The van der Waals surface area contributed by atoms with Crippen molar-refractivity contribution >= 4 is 34.3 Å². The second-order valence-corrected chi connectivity index (χ2v) is 7.03. The van der Waals surface area contributed by atoms with Crippen LogP contribution in [0.25, 0.3) is 0 Å². The molecule has 0 saturated carbocycles. The average Bonchev–Trinajstić information content (AvgIpc) is 3.08. The molecule has 0 spiro atoms. The summed E-state index contributed by atoms with van der Waals surface area (Å²) in [4.78, 5) is 16.3. The Morgan fingerprint density at radius 1 is 1.08 bits per heavy atom. The van der Waals surface area contributed by atoms with Gasteiger partial charge in [-0.3, -0.25) is 4.79 Å². The zero-order chi connectivity index (χ0) is 17.5. The first-order valence-electron chi connectivity index (χ1n) is 7.74. The van der Waals surface area contributed by atoms with Gasteiger partial charge in [0, 0.05) is 23.7 Å². The molecule has 1 amide bonds. The maximum absolute atomic E-state index is 12.9. The molecule has 4 nitrogen and oxygen atoms in total. The van der Waals surface area contributed by atoms with Gasteiger partial charge in [0.15, 0.2) is 0 Å². The van der Waals surface area contributed by atoms with Gasteiger partial charge >= 0.3 is 0 Å². The number of carbonyl (C=O) groups is 1. The summed E-state index contributed by atoms with van der Waals surface area (Å²) in [5.74, 6) is 0.328. The van der Waals surface area contributed by atoms with Crippen LogP contribution in [0.4, 0.5) is 9.52 Å². The molecule has 0 aliphatic carbocycles. The Balaban J connectivity index is 1.46. The van der Waals surface area contributed by atoms with Gasteiger partial charge in [0.1, 0.15) is 5.82 Å². The topological polar surface area (TPSA) is 54.9 Å². The third-order valence-corrected chi connectivity index (χ3v) is 5.08. The lowest BCUT2D eigenvalue weighted by atomic mass is 10.1. The smallest absolute Gasteiger partial charge is 0.226 e. The number of carbonyl (C=O) groups excluding carboxylic acids is 1. The molecule has 1 N–H and O–H groups in total. The Hall–Kier alpha value is -2.25. The Morgan fingerprint density at radius 3 is 2.60 bits per heavy atom. The number of thioether (sulfide) groups is 1. The molecule has 7 heteroatoms. The van der Waals surface area contributed by atoms with Crippen molar-refractivity contribution < 1.29 is 9.18 Å². The molecule has 0 bridgehead atoms. The van der Waals surface area contributed by atoms with Crippen molar-refractivity contribution in [2.24, 2.45) is 0 Å². The lowest BCUT2D eigenvalue weighted by Gasteiger charge is -2.01. The lowest BCUT2D eigenvalue weighted by Crippen LogP contribution is -2.12. The van der Waals surface area contributed by atoms with Crippen LogP contribution in [0.2, 0.25) is 0 Å². The van der Waals surface area contributed by atoms with Gasteiger partial charge in [-0.25, -0.2) is 4.39 Å². The molecule has 0 unspecified atom stereocenters. The van der Waals surface area contributed by atoms with E-state index in [4.69, 9.17) is 0 Å². The van der Waals surface area contributed by atoms with Crippen LogP contribution in [0.3, 0.4) is 0 Å². The number of hydrogen-bond acceptors (Lipinski definition) is 5. The molecule has 0 aliphatic heterocycles. The predicted octanol–water partition coefficient (Wildman–Crippen LogP) is 4.54. The van der Waals surface area contributed by atoms with E-state index in [9.17, 15) is 9.18 Å². The quantitative estimate of drug-likeness (QED) is 0.618. The number of benzene rings is 2. The van der Waals surface area contributed by atoms with Crippen LogP contribution in [0.1, 0.15) is 17.5 Å². The molecular formula is C18H16FN3OS2. The van der Waals surface area contributed by atoms with Crippen LogP contribution in [-0.4, -0.2) is 15.3 Å². The molecule has 1 aromatic heterocycles. The molecule has 1 heterocycles. The van der Waals surface area contributed by atoms with Gasteiger partial charge in [-0.2, -0.15) is 9.36 Å². The van der Waals surface area contributed by atoms with Crippen molar-refractivity contribution in [2.45, 2.75) is 23.8 Å². The van der Waals surface area contributed by atoms with Crippen LogP contribution in [0.15, 0.2) is 59.8 Å². The van der Waals surface area contributed by atoms with Crippen molar-refractivity contribution in [3.8, 4) is 0 Å². The summed E-state index contributed by atoms with van der Waals surface area (Å²) in [6, 6.07) is 16.2. The Labute approximate surface area is 153 Å². The molecule has 3 aromatic rings. The monoisotopic (exact) mass is 373 g/mol. The predicted molar refractivity (Wildman–Crippen MR) is 99.3 cm³/mol. The Morgan fingerprint density at radius 2 is 1.84 bits per heavy atom. The molecule has 25 heavy (non-hydrogen) atoms. The van der Waals surface area contributed by atoms with E-state index in [2.05, 4.69) is 14.7 Å². The van der Waals surface area contributed by atoms with E-state index in [1.165, 1.54) is 23.9 Å². The Kier molecular flexibility index (Phi) is 6.14. The number of hydrogen-bond donors (Lipinski definition) is 1. The van der Waals surface area contributed by atoms with Crippen LogP contribution < -0.4 is 5.32 Å². The van der Waals surface area contributed by atoms with Crippen molar-refractivity contribution in [1.82, 2.24) is 9.36 Å². The van der Waals surface area contributed by atoms with Gasteiger partial charge < -0.3 is 5.32 Å². The number of nitrogens with zero attached hydrogens (tertiary/aromatic N) is 2. The van der Waals surface area contributed by atoms with Gasteiger partial charge in [-0.05, 0) is 29.7 Å². The lowest BCUT2D eigenvalue weighted by molar-refractivity contribution is -0.116. The van der Waals surface area contributed by atoms with E-state index in [1.54, 1.807) is 12.1 Å². The molecule has 0 saturated heterocycles. The fourth-order valence-corrected chi connectivity index (χ4v) is 3.65. The van der Waals surface area contributed by atoms with Gasteiger partial charge in [0.25, 0.3) is 0 Å². The minimum Gasteiger partial charge on any atom is -0.301 e. The molecule has 0 fully saturated rings. The van der Waals surface area contributed by atoms with Crippen molar-refractivity contribution in [2.75, 3.05) is 5.32 Å². The summed E-state index contributed by atoms with van der Waals surface area (Å²) in [5, 5.41) is 3.89. The number of amides is 1. The van der Waals surface area contributed by atoms with Crippen LogP contribution in [0, 0.1) is 5.82 Å². The first-order chi connectivity index (χ1) is 12.2. The summed E-state index contributed by atoms with van der Waals surface area (Å²) in [5.41, 5.74) is 2.13. The van der Waals surface area contributed by atoms with Gasteiger partial charge in [0.2, 0.25) is 16.2 Å². The maximum Gasteiger partial charge on any atom is 0.226 e. The standard InChI is InChI=1S/C18H16FN3OS2/c19-15-9-6-14(7-10-15)12-24-18-21-17(25-22-18)20-16(23)11-8-13-4-2-1-3-5-13/h1-7,9-10H,8,11-12H2,(H,20,21,22,23). The minimum absolute atomic E-state index is 0.0740. The number of rotatable bonds is 7. The molecule has 0 radical (unpaired) electrons. The molecule has 3 rings (SSSR count). The summed E-state index contributed by atoms with van der Waals surface area (Å²) in [7, 11) is 0. The molecular weight excluding hydrogens is 357 g/mol. The van der Waals surface area contributed by atoms with E-state index < -0.39 is 0 Å². The van der Waals surface area contributed by atoms with E-state index in [1.807, 2.05) is 30.3 Å². The highest BCUT2D eigenvalue weighted by molar-refractivity contribution is 7.98. The SMILES string of the molecule is O=C(CCc1ccccc1)Nc1nc(SCc2ccc(F)cc2)ns1. The second kappa shape index (κ2) is 8.73. The van der Waals surface area contributed by atoms with E-state index in [-0.39, 0.29) is 11.7 Å². The summed E-state index contributed by atoms with van der Waals surface area (Å²) in [6.07, 6.45) is 1.10. The van der Waals surface area contributed by atoms with Gasteiger partial charge in [0.05, 0.1) is 0 Å². The van der Waals surface area contributed by atoms with Crippen LogP contribution in [0.5, 0.6) is 0 Å². The van der Waals surface area contributed by atoms with Crippen LogP contribution in [-0.2, 0) is 17.0 Å². The number of anilines is 1. The first-order valence-corrected chi connectivity index (χ1v) is 9.50. The summed E-state index contributed by atoms with van der Waals surface area (Å²) < 4.78 is 17.1. The van der Waals surface area contributed by atoms with E-state index in [0.29, 0.717) is 28.9 Å². The maximum atomic E-state index is 12.9. The molecule has 2 aromatic carbocycles. The molecule has 0 atom stereocenters. The fraction of sp³-hybridized carbons (Fsp3) is 0.167. The Bertz CT molecular complexity index is 822. The minimum atomic E-state index is -0.249. The number of aryl methyl sites for hydroxylation is 1. The number of nitrogens with one attached hydrogen (secondary N) is 1. The highest BCUT2D eigenvalue weighted by atomic mass is 32.2. The van der Waals surface area contributed by atoms with E-state index >= 15 is 0 Å². The fourth-order valence-electron chi connectivity index (χ4n) is 2.13. The molecule has 0 aliphatic rings. The zero-order valence-electron chi connectivity index (χ0n) is 13.3. The zero-order valence-corrected chi connectivity index (χ0v) is 14.9. The highest BCUT2D eigenvalue weighted by Crippen LogP contribution is 2.24. The van der Waals surface area contributed by atoms with E-state index in [0.717, 1.165) is 22.7 Å². The number of aromatic nitrogens is 2. The third kappa shape index (κ3) is 5.65. The average molecular weight is 373 g/mol. The summed E-state index contributed by atoms with van der Waals surface area (Å²) in [6.45, 7) is 0. The first kappa shape index (κ1) is 17.6. The second-order valence-electron chi connectivity index (χ2n) is 5.33. The largest absolute Gasteiger partial charge is 0.301 e. The van der Waals surface area contributed by atoms with Gasteiger partial charge in [-0.15, -0.1) is 0 Å². The normalized spacial score (nSPS) is 10.6. The van der Waals surface area contributed by atoms with Crippen molar-refractivity contribution in [3.05, 3.63) is 71.5 Å². The number of halogens is 1. The van der Waals surface area contributed by atoms with Crippen molar-refractivity contribution in [1.29, 1.82) is 0 Å². The van der Waals surface area contributed by atoms with Crippen molar-refractivity contribution in [3.63, 3.8) is 0 Å². The third-order valence-electron chi connectivity index (χ3n) is 3.42.